The van der Waals surface area contributed by atoms with Crippen LogP contribution in [0.5, 0.6) is 11.5 Å². The number of nitrogens with two attached hydrogens (primary N) is 1. The topological polar surface area (TPSA) is 56.5 Å². The summed E-state index contributed by atoms with van der Waals surface area (Å²) in [6.07, 6.45) is 0.881. The monoisotopic (exact) mass is 256 g/mol. The van der Waals surface area contributed by atoms with Gasteiger partial charge in [-0.05, 0) is 17.7 Å². The Kier molecular flexibility index (Phi) is 4.48. The van der Waals surface area contributed by atoms with Crippen molar-refractivity contribution < 1.29 is 9.47 Å². The van der Waals surface area contributed by atoms with Gasteiger partial charge in [-0.15, -0.1) is 0 Å². The molecule has 0 amide bonds. The summed E-state index contributed by atoms with van der Waals surface area (Å²) in [6.45, 7) is 3.46. The average Bonchev–Trinajstić information content (AvgIpc) is 2.55. The van der Waals surface area contributed by atoms with Crippen LogP contribution >= 0.6 is 11.6 Å². The van der Waals surface area contributed by atoms with E-state index in [-0.39, 0.29) is 0 Å². The maximum Gasteiger partial charge on any atom is 0.179 e. The van der Waals surface area contributed by atoms with Gasteiger partial charge < -0.3 is 20.5 Å². The van der Waals surface area contributed by atoms with Crippen molar-refractivity contribution in [1.82, 2.24) is 5.32 Å². The standard InChI is InChI=1S/C12H17ClN2O2/c13-10-6-9(8-15-3-2-14)7-11-12(10)17-5-1-4-16-11/h6-7,15H,1-5,8,14H2. The SMILES string of the molecule is NCCNCc1cc(Cl)c2c(c1)OCCCO2. The van der Waals surface area contributed by atoms with E-state index in [1.807, 2.05) is 12.1 Å². The number of benzene rings is 1. The van der Waals surface area contributed by atoms with Gasteiger partial charge in [-0.2, -0.15) is 0 Å². The second-order valence-corrected chi connectivity index (χ2v) is 4.33. The van der Waals surface area contributed by atoms with Crippen LogP contribution < -0.4 is 20.5 Å². The average molecular weight is 257 g/mol. The molecule has 1 aromatic carbocycles. The largest absolute Gasteiger partial charge is 0.489 e. The van der Waals surface area contributed by atoms with Crippen LogP contribution in [0, 0.1) is 0 Å². The van der Waals surface area contributed by atoms with E-state index < -0.39 is 0 Å². The lowest BCUT2D eigenvalue weighted by molar-refractivity contribution is 0.297. The van der Waals surface area contributed by atoms with Crippen molar-refractivity contribution >= 4 is 11.6 Å². The minimum Gasteiger partial charge on any atom is -0.489 e. The lowest BCUT2D eigenvalue weighted by Gasteiger charge is -2.11. The third kappa shape index (κ3) is 3.25. The van der Waals surface area contributed by atoms with Crippen molar-refractivity contribution in [2.24, 2.45) is 5.73 Å². The van der Waals surface area contributed by atoms with Gasteiger partial charge in [0.2, 0.25) is 0 Å². The van der Waals surface area contributed by atoms with E-state index in [2.05, 4.69) is 5.32 Å². The predicted molar refractivity (Wildman–Crippen MR) is 67.8 cm³/mol. The van der Waals surface area contributed by atoms with E-state index in [0.717, 1.165) is 30.8 Å². The first-order chi connectivity index (χ1) is 8.31. The first kappa shape index (κ1) is 12.5. The molecule has 2 rings (SSSR count). The second kappa shape index (κ2) is 6.10. The predicted octanol–water partition coefficient (Wildman–Crippen LogP) is 1.55. The van der Waals surface area contributed by atoms with Gasteiger partial charge in [0.25, 0.3) is 0 Å². The fraction of sp³-hybridized carbons (Fsp3) is 0.500. The summed E-state index contributed by atoms with van der Waals surface area (Å²) < 4.78 is 11.2. The van der Waals surface area contributed by atoms with Crippen LogP contribution in [0.15, 0.2) is 12.1 Å². The minimum atomic E-state index is 0.606. The van der Waals surface area contributed by atoms with Gasteiger partial charge in [0, 0.05) is 26.1 Å². The molecule has 0 radical (unpaired) electrons. The first-order valence-corrected chi connectivity index (χ1v) is 6.18. The lowest BCUT2D eigenvalue weighted by Crippen LogP contribution is -2.21. The van der Waals surface area contributed by atoms with Gasteiger partial charge >= 0.3 is 0 Å². The Labute approximate surface area is 106 Å². The van der Waals surface area contributed by atoms with Gasteiger partial charge in [0.1, 0.15) is 0 Å². The van der Waals surface area contributed by atoms with Crippen molar-refractivity contribution in [3.8, 4) is 11.5 Å². The molecule has 0 aromatic heterocycles. The zero-order valence-corrected chi connectivity index (χ0v) is 10.4. The molecule has 0 aliphatic carbocycles. The number of hydrogen-bond acceptors (Lipinski definition) is 4. The normalized spacial score (nSPS) is 14.5. The van der Waals surface area contributed by atoms with Crippen LogP contribution in [0.3, 0.4) is 0 Å². The van der Waals surface area contributed by atoms with Crippen LogP contribution in [0.1, 0.15) is 12.0 Å². The molecular formula is C12H17ClN2O2. The molecule has 0 spiro atoms. The van der Waals surface area contributed by atoms with Crippen molar-refractivity contribution in [1.29, 1.82) is 0 Å². The summed E-state index contributed by atoms with van der Waals surface area (Å²) in [5.41, 5.74) is 6.50. The summed E-state index contributed by atoms with van der Waals surface area (Å²) in [5.74, 6) is 1.39. The highest BCUT2D eigenvalue weighted by molar-refractivity contribution is 6.32. The first-order valence-electron chi connectivity index (χ1n) is 5.80. The number of halogens is 1. The number of nitrogens with one attached hydrogen (secondary N) is 1. The zero-order chi connectivity index (χ0) is 12.1. The van der Waals surface area contributed by atoms with Gasteiger partial charge in [0.05, 0.1) is 18.2 Å². The maximum absolute atomic E-state index is 6.18. The van der Waals surface area contributed by atoms with E-state index in [1.165, 1.54) is 0 Å². The van der Waals surface area contributed by atoms with Crippen molar-refractivity contribution in [3.05, 3.63) is 22.7 Å². The Morgan fingerprint density at radius 2 is 2.12 bits per heavy atom. The smallest absolute Gasteiger partial charge is 0.179 e. The fourth-order valence-electron chi connectivity index (χ4n) is 1.72. The molecule has 0 saturated carbocycles. The Morgan fingerprint density at radius 1 is 1.29 bits per heavy atom. The van der Waals surface area contributed by atoms with Crippen LogP contribution in [-0.2, 0) is 6.54 Å². The summed E-state index contributed by atoms with van der Waals surface area (Å²) in [5, 5.41) is 3.83. The number of ether oxygens (including phenoxy) is 2. The molecule has 0 atom stereocenters. The van der Waals surface area contributed by atoms with Crippen LogP contribution in [-0.4, -0.2) is 26.3 Å². The van der Waals surface area contributed by atoms with Crippen molar-refractivity contribution in [2.45, 2.75) is 13.0 Å². The molecule has 0 bridgehead atoms. The highest BCUT2D eigenvalue weighted by atomic mass is 35.5. The number of rotatable bonds is 4. The number of hydrogen-bond donors (Lipinski definition) is 2. The molecule has 1 aromatic rings. The second-order valence-electron chi connectivity index (χ2n) is 3.92. The third-order valence-electron chi connectivity index (χ3n) is 2.51. The van der Waals surface area contributed by atoms with E-state index in [9.17, 15) is 0 Å². The van der Waals surface area contributed by atoms with E-state index in [4.69, 9.17) is 26.8 Å². The molecule has 1 aliphatic heterocycles. The molecule has 4 nitrogen and oxygen atoms in total. The van der Waals surface area contributed by atoms with E-state index >= 15 is 0 Å². The minimum absolute atomic E-state index is 0.606. The van der Waals surface area contributed by atoms with E-state index in [1.54, 1.807) is 0 Å². The van der Waals surface area contributed by atoms with Gasteiger partial charge in [-0.3, -0.25) is 0 Å². The fourth-order valence-corrected chi connectivity index (χ4v) is 2.01. The Hall–Kier alpha value is -0.970. The van der Waals surface area contributed by atoms with Crippen LogP contribution in [0.25, 0.3) is 0 Å². The summed E-state index contributed by atoms with van der Waals surface area (Å²) in [7, 11) is 0. The molecule has 5 heteroatoms. The Morgan fingerprint density at radius 3 is 2.94 bits per heavy atom. The summed E-state index contributed by atoms with van der Waals surface area (Å²) >= 11 is 6.18. The molecule has 1 aliphatic rings. The molecule has 17 heavy (non-hydrogen) atoms. The Bertz CT molecular complexity index is 385. The summed E-state index contributed by atoms with van der Waals surface area (Å²) in [4.78, 5) is 0. The Balaban J connectivity index is 2.14. The summed E-state index contributed by atoms with van der Waals surface area (Å²) in [6, 6.07) is 3.87. The lowest BCUT2D eigenvalue weighted by atomic mass is 10.2. The third-order valence-corrected chi connectivity index (χ3v) is 2.79. The molecule has 1 heterocycles. The molecule has 0 fully saturated rings. The zero-order valence-electron chi connectivity index (χ0n) is 9.67. The van der Waals surface area contributed by atoms with Crippen LogP contribution in [0.2, 0.25) is 5.02 Å². The van der Waals surface area contributed by atoms with E-state index in [0.29, 0.717) is 30.5 Å². The van der Waals surface area contributed by atoms with Crippen LogP contribution in [0.4, 0.5) is 0 Å². The number of fused-ring (bicyclic) bond motifs is 1. The highest BCUT2D eigenvalue weighted by Gasteiger charge is 2.15. The molecule has 94 valence electrons. The highest BCUT2D eigenvalue weighted by Crippen LogP contribution is 2.37. The van der Waals surface area contributed by atoms with Gasteiger partial charge in [-0.25, -0.2) is 0 Å². The maximum atomic E-state index is 6.18. The molecule has 3 N–H and O–H groups in total. The molecule has 0 unspecified atom stereocenters. The van der Waals surface area contributed by atoms with Crippen molar-refractivity contribution in [2.75, 3.05) is 26.3 Å². The molecular weight excluding hydrogens is 240 g/mol. The van der Waals surface area contributed by atoms with Gasteiger partial charge in [0.15, 0.2) is 11.5 Å². The quantitative estimate of drug-likeness (QED) is 0.803. The van der Waals surface area contributed by atoms with Gasteiger partial charge in [-0.1, -0.05) is 11.6 Å². The van der Waals surface area contributed by atoms with Crippen molar-refractivity contribution in [3.63, 3.8) is 0 Å². The molecule has 0 saturated heterocycles.